The molecule has 0 aromatic heterocycles. The first-order valence-corrected chi connectivity index (χ1v) is 9.10. The normalized spacial score (nSPS) is 24.1. The van der Waals surface area contributed by atoms with Gasteiger partial charge in [0.05, 0.1) is 6.61 Å². The molecule has 0 bridgehead atoms. The number of nitrogens with zero attached hydrogens (tertiary/aromatic N) is 2. The van der Waals surface area contributed by atoms with E-state index in [1.807, 2.05) is 0 Å². The van der Waals surface area contributed by atoms with Crippen LogP contribution in [0.2, 0.25) is 25.7 Å². The zero-order chi connectivity index (χ0) is 12.2. The Labute approximate surface area is 97.4 Å². The highest BCUT2D eigenvalue weighted by atomic mass is 28.3. The van der Waals surface area contributed by atoms with Gasteiger partial charge in [-0.1, -0.05) is 19.6 Å². The van der Waals surface area contributed by atoms with E-state index in [0.29, 0.717) is 6.61 Å². The molecule has 16 heavy (non-hydrogen) atoms. The lowest BCUT2D eigenvalue weighted by Gasteiger charge is -2.22. The lowest BCUT2D eigenvalue weighted by atomic mass is 9.66. The van der Waals surface area contributed by atoms with E-state index in [-0.39, 0.29) is 6.61 Å². The summed E-state index contributed by atoms with van der Waals surface area (Å²) in [6.45, 7) is 7.59. The number of rotatable bonds is 6. The second kappa shape index (κ2) is 5.22. The first-order chi connectivity index (χ1) is 7.36. The Kier molecular flexibility index (Phi) is 4.43. The fraction of sp³-hybridized carbons (Fsp3) is 0.778. The summed E-state index contributed by atoms with van der Waals surface area (Å²) in [7, 11) is -2.68. The Morgan fingerprint density at radius 2 is 2.06 bits per heavy atom. The highest BCUT2D eigenvalue weighted by Gasteiger charge is 2.42. The largest absolute Gasteiger partial charge is 0.489 e. The van der Waals surface area contributed by atoms with Crippen molar-refractivity contribution in [1.29, 1.82) is 0 Å². The third-order valence-corrected chi connectivity index (χ3v) is 4.15. The van der Waals surface area contributed by atoms with E-state index in [0.717, 1.165) is 6.04 Å². The third kappa shape index (κ3) is 3.82. The van der Waals surface area contributed by atoms with Crippen molar-refractivity contribution in [3.63, 3.8) is 0 Å². The summed E-state index contributed by atoms with van der Waals surface area (Å²) < 4.78 is 5.47. The highest BCUT2D eigenvalue weighted by molar-refractivity contribution is 6.76. The molecule has 1 atom stereocenters. The SMILES string of the molecule is C[Si](C)(C)CCOCC1(B(O)O)C=CN=N1. The van der Waals surface area contributed by atoms with Crippen molar-refractivity contribution in [3.05, 3.63) is 12.3 Å². The van der Waals surface area contributed by atoms with Crippen LogP contribution >= 0.6 is 0 Å². The molecule has 5 nitrogen and oxygen atoms in total. The van der Waals surface area contributed by atoms with E-state index in [1.165, 1.54) is 6.20 Å². The van der Waals surface area contributed by atoms with Crippen LogP contribution < -0.4 is 0 Å². The van der Waals surface area contributed by atoms with E-state index in [9.17, 15) is 10.0 Å². The summed E-state index contributed by atoms with van der Waals surface area (Å²) >= 11 is 0. The molecule has 1 aliphatic heterocycles. The van der Waals surface area contributed by atoms with Crippen molar-refractivity contribution in [2.45, 2.75) is 31.1 Å². The Morgan fingerprint density at radius 3 is 2.50 bits per heavy atom. The zero-order valence-electron chi connectivity index (χ0n) is 10.1. The molecule has 0 spiro atoms. The van der Waals surface area contributed by atoms with Crippen LogP contribution in [0.4, 0.5) is 0 Å². The fourth-order valence-corrected chi connectivity index (χ4v) is 2.00. The van der Waals surface area contributed by atoms with E-state index in [1.54, 1.807) is 6.08 Å². The summed E-state index contributed by atoms with van der Waals surface area (Å²) in [6, 6.07) is 1.05. The molecule has 0 fully saturated rings. The van der Waals surface area contributed by atoms with Crippen LogP contribution in [-0.4, -0.2) is 43.9 Å². The Bertz CT molecular complexity index is 277. The van der Waals surface area contributed by atoms with Crippen LogP contribution in [0.5, 0.6) is 0 Å². The van der Waals surface area contributed by atoms with Crippen LogP contribution in [0.15, 0.2) is 22.5 Å². The maximum Gasteiger partial charge on any atom is 0.489 e. The topological polar surface area (TPSA) is 74.4 Å². The fourth-order valence-electron chi connectivity index (χ4n) is 1.24. The van der Waals surface area contributed by atoms with Crippen molar-refractivity contribution in [2.75, 3.05) is 13.2 Å². The van der Waals surface area contributed by atoms with Gasteiger partial charge in [-0.3, -0.25) is 0 Å². The van der Waals surface area contributed by atoms with Gasteiger partial charge in [-0.2, -0.15) is 10.2 Å². The molecular formula is C9H19BN2O3Si. The molecule has 0 radical (unpaired) electrons. The smallest absolute Gasteiger partial charge is 0.425 e. The molecule has 0 aliphatic carbocycles. The predicted molar refractivity (Wildman–Crippen MR) is 65.9 cm³/mol. The summed E-state index contributed by atoms with van der Waals surface area (Å²) in [5.41, 5.74) is -1.10. The van der Waals surface area contributed by atoms with Crippen molar-refractivity contribution >= 4 is 15.2 Å². The summed E-state index contributed by atoms with van der Waals surface area (Å²) in [6.07, 6.45) is 3.02. The van der Waals surface area contributed by atoms with Gasteiger partial charge in [0.1, 0.15) is 0 Å². The van der Waals surface area contributed by atoms with E-state index in [4.69, 9.17) is 4.74 Å². The first-order valence-electron chi connectivity index (χ1n) is 5.39. The highest BCUT2D eigenvalue weighted by Crippen LogP contribution is 2.21. The number of hydrogen-bond acceptors (Lipinski definition) is 5. The first kappa shape index (κ1) is 13.6. The van der Waals surface area contributed by atoms with Crippen molar-refractivity contribution in [1.82, 2.24) is 0 Å². The number of ether oxygens (including phenoxy) is 1. The zero-order valence-corrected chi connectivity index (χ0v) is 11.1. The van der Waals surface area contributed by atoms with Gasteiger partial charge in [-0.15, -0.1) is 0 Å². The van der Waals surface area contributed by atoms with Crippen LogP contribution in [0, 0.1) is 0 Å². The second-order valence-electron chi connectivity index (χ2n) is 5.26. The monoisotopic (exact) mass is 242 g/mol. The lowest BCUT2D eigenvalue weighted by molar-refractivity contribution is 0.121. The van der Waals surface area contributed by atoms with Crippen LogP contribution in [0.3, 0.4) is 0 Å². The van der Waals surface area contributed by atoms with E-state index < -0.39 is 20.6 Å². The van der Waals surface area contributed by atoms with Crippen LogP contribution in [-0.2, 0) is 4.74 Å². The van der Waals surface area contributed by atoms with Gasteiger partial charge in [0, 0.05) is 20.9 Å². The van der Waals surface area contributed by atoms with Crippen molar-refractivity contribution < 1.29 is 14.8 Å². The maximum absolute atomic E-state index is 9.24. The summed E-state index contributed by atoms with van der Waals surface area (Å²) in [4.78, 5) is 0. The third-order valence-electron chi connectivity index (χ3n) is 2.45. The van der Waals surface area contributed by atoms with Crippen molar-refractivity contribution in [2.24, 2.45) is 10.2 Å². The number of hydrogen-bond donors (Lipinski definition) is 2. The van der Waals surface area contributed by atoms with Gasteiger partial charge in [0.25, 0.3) is 0 Å². The average molecular weight is 242 g/mol. The molecule has 1 rings (SSSR count). The van der Waals surface area contributed by atoms with Crippen LogP contribution in [0.1, 0.15) is 0 Å². The van der Waals surface area contributed by atoms with E-state index >= 15 is 0 Å². The predicted octanol–water partition coefficient (Wildman–Crippen LogP) is 1.07. The average Bonchev–Trinajstić information content (AvgIpc) is 2.60. The molecule has 1 unspecified atom stereocenters. The molecule has 1 aliphatic rings. The summed E-state index contributed by atoms with van der Waals surface area (Å²) in [5.74, 6) is 0. The molecule has 1 heterocycles. The number of azo groups is 1. The Hall–Kier alpha value is -0.498. The van der Waals surface area contributed by atoms with Crippen LogP contribution in [0.25, 0.3) is 0 Å². The Morgan fingerprint density at radius 1 is 1.38 bits per heavy atom. The van der Waals surface area contributed by atoms with E-state index in [2.05, 4.69) is 29.9 Å². The molecule has 2 N–H and O–H groups in total. The van der Waals surface area contributed by atoms with Gasteiger partial charge in [0.2, 0.25) is 0 Å². The van der Waals surface area contributed by atoms with Gasteiger partial charge in [0.15, 0.2) is 5.44 Å². The second-order valence-corrected chi connectivity index (χ2v) is 10.9. The Balaban J connectivity index is 2.36. The summed E-state index contributed by atoms with van der Waals surface area (Å²) in [5, 5.41) is 25.9. The standard InChI is InChI=1S/C9H19BN2O3Si/c1-16(2,3)7-6-15-8-9(10(13)14)4-5-11-12-9/h4-5,13-14H,6-8H2,1-3H3. The molecule has 7 heteroatoms. The molecule has 0 aromatic rings. The van der Waals surface area contributed by atoms with Gasteiger partial charge in [-0.25, -0.2) is 0 Å². The minimum atomic E-state index is -1.57. The molecule has 0 saturated carbocycles. The quantitative estimate of drug-likeness (QED) is 0.540. The van der Waals surface area contributed by atoms with Gasteiger partial charge >= 0.3 is 7.12 Å². The maximum atomic E-state index is 9.24. The van der Waals surface area contributed by atoms with Crippen molar-refractivity contribution in [3.8, 4) is 0 Å². The molecule has 0 amide bonds. The molecule has 0 aromatic carbocycles. The minimum Gasteiger partial charge on any atom is -0.425 e. The lowest BCUT2D eigenvalue weighted by Crippen LogP contribution is -2.46. The van der Waals surface area contributed by atoms with Gasteiger partial charge in [-0.05, 0) is 12.1 Å². The molecule has 0 saturated heterocycles. The molecular weight excluding hydrogens is 223 g/mol. The minimum absolute atomic E-state index is 0.162. The van der Waals surface area contributed by atoms with Gasteiger partial charge < -0.3 is 14.8 Å². The molecule has 90 valence electrons.